The minimum absolute atomic E-state index is 0.382. The molecule has 0 fully saturated rings. The van der Waals surface area contributed by atoms with E-state index in [0.717, 1.165) is 23.8 Å². The maximum absolute atomic E-state index is 13.9. The molecule has 106 valence electrons. The van der Waals surface area contributed by atoms with Crippen molar-refractivity contribution in [2.75, 3.05) is 0 Å². The minimum Gasteiger partial charge on any atom is -0.271 e. The Hall–Kier alpha value is -1.30. The van der Waals surface area contributed by atoms with Gasteiger partial charge in [0.15, 0.2) is 0 Å². The van der Waals surface area contributed by atoms with E-state index >= 15 is 0 Å². The third-order valence-corrected chi connectivity index (χ3v) is 5.04. The Kier molecular flexibility index (Phi) is 3.83. The summed E-state index contributed by atoms with van der Waals surface area (Å²) >= 11 is 1.67. The largest absolute Gasteiger partial charge is 0.271 e. The molecule has 2 nitrogen and oxygen atoms in total. The van der Waals surface area contributed by atoms with E-state index in [1.165, 1.54) is 35.4 Å². The highest BCUT2D eigenvalue weighted by atomic mass is 32.1. The number of nitrogens with one attached hydrogen (secondary N) is 1. The first kappa shape index (κ1) is 13.7. The van der Waals surface area contributed by atoms with Crippen LogP contribution in [0.3, 0.4) is 0 Å². The van der Waals surface area contributed by atoms with Crippen LogP contribution in [-0.4, -0.2) is 0 Å². The third kappa shape index (κ3) is 2.49. The summed E-state index contributed by atoms with van der Waals surface area (Å²) in [7, 11) is 0. The quantitative estimate of drug-likeness (QED) is 0.672. The van der Waals surface area contributed by atoms with Crippen molar-refractivity contribution in [3.63, 3.8) is 0 Å². The van der Waals surface area contributed by atoms with Gasteiger partial charge in [0.05, 0.1) is 6.04 Å². The van der Waals surface area contributed by atoms with Crippen molar-refractivity contribution in [1.82, 2.24) is 5.43 Å². The second-order valence-electron chi connectivity index (χ2n) is 5.07. The lowest BCUT2D eigenvalue weighted by Crippen LogP contribution is -2.29. The van der Waals surface area contributed by atoms with E-state index in [4.69, 9.17) is 5.84 Å². The number of hydrazine groups is 1. The molecule has 0 saturated carbocycles. The second kappa shape index (κ2) is 5.60. The first-order valence-electron chi connectivity index (χ1n) is 6.71. The molecule has 0 spiro atoms. The van der Waals surface area contributed by atoms with Crippen LogP contribution < -0.4 is 11.3 Å². The van der Waals surface area contributed by atoms with Gasteiger partial charge in [0, 0.05) is 21.4 Å². The van der Waals surface area contributed by atoms with Crippen LogP contribution in [-0.2, 0) is 12.8 Å². The molecule has 1 aliphatic rings. The van der Waals surface area contributed by atoms with Gasteiger partial charge in [-0.25, -0.2) is 14.2 Å². The maximum atomic E-state index is 13.9. The molecule has 2 aromatic rings. The fraction of sp³-hybridized carbons (Fsp3) is 0.333. The minimum atomic E-state index is -0.576. The van der Waals surface area contributed by atoms with Crippen molar-refractivity contribution < 1.29 is 8.78 Å². The van der Waals surface area contributed by atoms with Crippen LogP contribution >= 0.6 is 11.3 Å². The molecule has 0 bridgehead atoms. The van der Waals surface area contributed by atoms with Gasteiger partial charge in [0.25, 0.3) is 0 Å². The Morgan fingerprint density at radius 2 is 1.95 bits per heavy atom. The van der Waals surface area contributed by atoms with Gasteiger partial charge < -0.3 is 0 Å². The number of halogens is 2. The number of benzene rings is 1. The molecule has 1 aliphatic carbocycles. The van der Waals surface area contributed by atoms with Gasteiger partial charge in [0.1, 0.15) is 11.6 Å². The first-order chi connectivity index (χ1) is 9.69. The summed E-state index contributed by atoms with van der Waals surface area (Å²) < 4.78 is 26.9. The number of thiophene rings is 1. The smallest absolute Gasteiger partial charge is 0.131 e. The van der Waals surface area contributed by atoms with Crippen LogP contribution in [0.15, 0.2) is 24.3 Å². The molecule has 1 atom stereocenters. The number of aryl methyl sites for hydroxylation is 2. The third-order valence-electron chi connectivity index (χ3n) is 3.74. The highest BCUT2D eigenvalue weighted by Crippen LogP contribution is 2.35. The van der Waals surface area contributed by atoms with Gasteiger partial charge >= 0.3 is 0 Å². The lowest BCUT2D eigenvalue weighted by atomic mass is 9.98. The monoisotopic (exact) mass is 294 g/mol. The highest BCUT2D eigenvalue weighted by Gasteiger charge is 2.22. The maximum Gasteiger partial charge on any atom is 0.131 e. The van der Waals surface area contributed by atoms with Crippen LogP contribution in [0.2, 0.25) is 0 Å². The summed E-state index contributed by atoms with van der Waals surface area (Å²) in [5.74, 6) is 4.45. The van der Waals surface area contributed by atoms with Crippen LogP contribution in [0.5, 0.6) is 0 Å². The van der Waals surface area contributed by atoms with E-state index in [1.807, 2.05) is 0 Å². The van der Waals surface area contributed by atoms with Gasteiger partial charge in [-0.05, 0) is 43.4 Å². The molecule has 0 amide bonds. The summed E-state index contributed by atoms with van der Waals surface area (Å²) in [6.07, 6.45) is 4.58. The molecule has 1 aromatic heterocycles. The van der Waals surface area contributed by atoms with Crippen LogP contribution in [0, 0.1) is 11.6 Å². The normalized spacial score (nSPS) is 15.9. The molecule has 3 rings (SSSR count). The number of fused-ring (bicyclic) bond motifs is 1. The Labute approximate surface area is 120 Å². The van der Waals surface area contributed by atoms with Crippen molar-refractivity contribution >= 4 is 11.3 Å². The van der Waals surface area contributed by atoms with Crippen molar-refractivity contribution in [2.45, 2.75) is 31.7 Å². The van der Waals surface area contributed by atoms with Crippen LogP contribution in [0.25, 0.3) is 0 Å². The van der Waals surface area contributed by atoms with Gasteiger partial charge in [-0.3, -0.25) is 5.84 Å². The van der Waals surface area contributed by atoms with Crippen LogP contribution in [0.4, 0.5) is 8.78 Å². The molecule has 1 heterocycles. The van der Waals surface area contributed by atoms with Gasteiger partial charge in [-0.15, -0.1) is 11.3 Å². The molecule has 0 aliphatic heterocycles. The van der Waals surface area contributed by atoms with E-state index in [2.05, 4.69) is 11.5 Å². The second-order valence-corrected chi connectivity index (χ2v) is 6.24. The SMILES string of the molecule is NNC(c1cc2c(s1)CCCC2)c1ccc(F)cc1F. The van der Waals surface area contributed by atoms with Crippen molar-refractivity contribution in [3.05, 3.63) is 56.8 Å². The molecular formula is C15H16F2N2S. The summed E-state index contributed by atoms with van der Waals surface area (Å²) in [6.45, 7) is 0. The number of hydrogen-bond donors (Lipinski definition) is 2. The summed E-state index contributed by atoms with van der Waals surface area (Å²) in [6, 6.07) is 5.29. The molecule has 0 radical (unpaired) electrons. The fourth-order valence-corrected chi connectivity index (χ4v) is 4.05. The van der Waals surface area contributed by atoms with E-state index in [1.54, 1.807) is 11.3 Å². The van der Waals surface area contributed by atoms with Gasteiger partial charge in [0.2, 0.25) is 0 Å². The lowest BCUT2D eigenvalue weighted by Gasteiger charge is -2.15. The zero-order chi connectivity index (χ0) is 14.1. The molecule has 3 N–H and O–H groups in total. The Morgan fingerprint density at radius 1 is 1.15 bits per heavy atom. The van der Waals surface area contributed by atoms with Gasteiger partial charge in [-0.1, -0.05) is 6.07 Å². The van der Waals surface area contributed by atoms with E-state index in [-0.39, 0.29) is 0 Å². The Bertz CT molecular complexity index is 601. The predicted molar refractivity (Wildman–Crippen MR) is 76.5 cm³/mol. The lowest BCUT2D eigenvalue weighted by molar-refractivity contribution is 0.544. The number of rotatable bonds is 3. The molecule has 0 saturated heterocycles. The predicted octanol–water partition coefficient (Wildman–Crippen LogP) is 3.46. The van der Waals surface area contributed by atoms with Crippen molar-refractivity contribution in [2.24, 2.45) is 5.84 Å². The van der Waals surface area contributed by atoms with Crippen molar-refractivity contribution in [3.8, 4) is 0 Å². The van der Waals surface area contributed by atoms with Crippen LogP contribution in [0.1, 0.15) is 39.8 Å². The van der Waals surface area contributed by atoms with Crippen molar-refractivity contribution in [1.29, 1.82) is 0 Å². The zero-order valence-electron chi connectivity index (χ0n) is 11.0. The zero-order valence-corrected chi connectivity index (χ0v) is 11.8. The highest BCUT2D eigenvalue weighted by molar-refractivity contribution is 7.12. The molecular weight excluding hydrogens is 278 g/mol. The molecule has 5 heteroatoms. The molecule has 1 unspecified atom stereocenters. The average molecular weight is 294 g/mol. The average Bonchev–Trinajstić information content (AvgIpc) is 2.85. The van der Waals surface area contributed by atoms with E-state index in [9.17, 15) is 8.78 Å². The Balaban J connectivity index is 1.98. The van der Waals surface area contributed by atoms with E-state index in [0.29, 0.717) is 5.56 Å². The Morgan fingerprint density at radius 3 is 2.65 bits per heavy atom. The summed E-state index contributed by atoms with van der Waals surface area (Å²) in [4.78, 5) is 2.36. The number of nitrogens with two attached hydrogens (primary N) is 1. The standard InChI is InChI=1S/C15H16F2N2S/c16-10-5-6-11(12(17)8-10)15(19-18)14-7-9-3-1-2-4-13(9)20-14/h5-8,15,19H,1-4,18H2. The molecule has 20 heavy (non-hydrogen) atoms. The number of hydrogen-bond acceptors (Lipinski definition) is 3. The first-order valence-corrected chi connectivity index (χ1v) is 7.53. The summed E-state index contributed by atoms with van der Waals surface area (Å²) in [5, 5.41) is 0. The van der Waals surface area contributed by atoms with E-state index < -0.39 is 17.7 Å². The fourth-order valence-electron chi connectivity index (χ4n) is 2.72. The molecule has 1 aromatic carbocycles. The van der Waals surface area contributed by atoms with Gasteiger partial charge in [-0.2, -0.15) is 0 Å². The summed E-state index contributed by atoms with van der Waals surface area (Å²) in [5.41, 5.74) is 4.38. The topological polar surface area (TPSA) is 38.0 Å².